The number of methoxy groups -OCH3 is 1. The highest BCUT2D eigenvalue weighted by Crippen LogP contribution is 1.96. The van der Waals surface area contributed by atoms with Crippen LogP contribution < -0.4 is 5.32 Å². The smallest absolute Gasteiger partial charge is 0.0693 e. The second-order valence-corrected chi connectivity index (χ2v) is 3.96. The predicted octanol–water partition coefficient (Wildman–Crippen LogP) is 1.81. The molecule has 1 N–H and O–H groups in total. The first-order valence-electron chi connectivity index (χ1n) is 5.45. The summed E-state index contributed by atoms with van der Waals surface area (Å²) in [4.78, 5) is 0. The number of ether oxygens (including phenoxy) is 2. The van der Waals surface area contributed by atoms with Crippen molar-refractivity contribution in [3.8, 4) is 0 Å². The highest BCUT2D eigenvalue weighted by Gasteiger charge is 2.08. The van der Waals surface area contributed by atoms with E-state index in [2.05, 4.69) is 33.0 Å². The van der Waals surface area contributed by atoms with Gasteiger partial charge in [-0.15, -0.1) is 0 Å². The van der Waals surface area contributed by atoms with Gasteiger partial charge in [0, 0.05) is 19.8 Å². The molecule has 0 aliphatic rings. The summed E-state index contributed by atoms with van der Waals surface area (Å²) in [5.41, 5.74) is 0. The minimum Gasteiger partial charge on any atom is -0.380 e. The van der Waals surface area contributed by atoms with E-state index in [1.807, 2.05) is 0 Å². The Kier molecular flexibility index (Phi) is 8.14. The fourth-order valence-corrected chi connectivity index (χ4v) is 1.09. The Bertz CT molecular complexity index is 128. The molecule has 0 fully saturated rings. The van der Waals surface area contributed by atoms with E-state index in [0.717, 1.165) is 19.6 Å². The lowest BCUT2D eigenvalue weighted by molar-refractivity contribution is 0.0706. The second kappa shape index (κ2) is 8.21. The van der Waals surface area contributed by atoms with E-state index in [0.29, 0.717) is 12.1 Å². The van der Waals surface area contributed by atoms with E-state index >= 15 is 0 Å². The Labute approximate surface area is 88.2 Å². The molecule has 3 heteroatoms. The lowest BCUT2D eigenvalue weighted by Gasteiger charge is -2.19. The van der Waals surface area contributed by atoms with Crippen molar-refractivity contribution in [3.05, 3.63) is 0 Å². The Morgan fingerprint density at radius 2 is 1.79 bits per heavy atom. The first-order valence-corrected chi connectivity index (χ1v) is 5.45. The molecule has 0 aliphatic carbocycles. The van der Waals surface area contributed by atoms with E-state index in [4.69, 9.17) is 9.47 Å². The lowest BCUT2D eigenvalue weighted by Crippen LogP contribution is -2.37. The van der Waals surface area contributed by atoms with Crippen molar-refractivity contribution in [1.82, 2.24) is 5.32 Å². The molecule has 14 heavy (non-hydrogen) atoms. The molecule has 0 saturated heterocycles. The fraction of sp³-hybridized carbons (Fsp3) is 1.00. The molecule has 0 amide bonds. The monoisotopic (exact) mass is 203 g/mol. The Morgan fingerprint density at radius 3 is 2.29 bits per heavy atom. The van der Waals surface area contributed by atoms with Gasteiger partial charge < -0.3 is 14.8 Å². The second-order valence-electron chi connectivity index (χ2n) is 3.96. The summed E-state index contributed by atoms with van der Waals surface area (Å²) in [5, 5.41) is 3.40. The summed E-state index contributed by atoms with van der Waals surface area (Å²) in [7, 11) is 1.74. The molecule has 0 bridgehead atoms. The summed E-state index contributed by atoms with van der Waals surface area (Å²) in [6, 6.07) is 0.402. The Morgan fingerprint density at radius 1 is 1.14 bits per heavy atom. The van der Waals surface area contributed by atoms with Crippen LogP contribution in [0.1, 0.15) is 34.1 Å². The van der Waals surface area contributed by atoms with Gasteiger partial charge in [-0.3, -0.25) is 0 Å². The first-order chi connectivity index (χ1) is 6.57. The lowest BCUT2D eigenvalue weighted by atomic mass is 10.2. The summed E-state index contributed by atoms with van der Waals surface area (Å²) < 4.78 is 10.7. The van der Waals surface area contributed by atoms with Crippen LogP contribution >= 0.6 is 0 Å². The third-order valence-corrected chi connectivity index (χ3v) is 2.31. The molecule has 2 atom stereocenters. The zero-order valence-corrected chi connectivity index (χ0v) is 10.2. The number of hydrogen-bond acceptors (Lipinski definition) is 3. The van der Waals surface area contributed by atoms with Gasteiger partial charge in [-0.05, 0) is 40.7 Å². The summed E-state index contributed by atoms with van der Waals surface area (Å²) in [5.74, 6) is 0. The van der Waals surface area contributed by atoms with Gasteiger partial charge in [0.2, 0.25) is 0 Å². The highest BCUT2D eigenvalue weighted by molar-refractivity contribution is 4.67. The third kappa shape index (κ3) is 7.30. The van der Waals surface area contributed by atoms with Crippen LogP contribution in [0.25, 0.3) is 0 Å². The molecule has 0 spiro atoms. The molecule has 0 radical (unpaired) electrons. The van der Waals surface area contributed by atoms with Crippen LogP contribution in [-0.2, 0) is 9.47 Å². The van der Waals surface area contributed by atoms with Gasteiger partial charge in [0.1, 0.15) is 0 Å². The summed E-state index contributed by atoms with van der Waals surface area (Å²) in [6.07, 6.45) is 1.66. The van der Waals surface area contributed by atoms with Crippen molar-refractivity contribution in [2.45, 2.75) is 52.4 Å². The molecule has 0 aromatic carbocycles. The van der Waals surface area contributed by atoms with E-state index in [1.165, 1.54) is 0 Å². The zero-order valence-electron chi connectivity index (χ0n) is 10.2. The maximum Gasteiger partial charge on any atom is 0.0693 e. The molecular weight excluding hydrogens is 178 g/mol. The van der Waals surface area contributed by atoms with Gasteiger partial charge in [-0.1, -0.05) is 0 Å². The zero-order chi connectivity index (χ0) is 11.0. The first kappa shape index (κ1) is 13.9. The van der Waals surface area contributed by atoms with Crippen LogP contribution in [0.15, 0.2) is 0 Å². The third-order valence-electron chi connectivity index (χ3n) is 2.31. The maximum atomic E-state index is 5.44. The van der Waals surface area contributed by atoms with E-state index in [1.54, 1.807) is 7.11 Å². The number of rotatable bonds is 8. The molecule has 0 saturated carbocycles. The summed E-state index contributed by atoms with van der Waals surface area (Å²) in [6.45, 7) is 10.1. The fourth-order valence-electron chi connectivity index (χ4n) is 1.09. The molecule has 86 valence electrons. The predicted molar refractivity (Wildman–Crippen MR) is 59.6 cm³/mol. The summed E-state index contributed by atoms with van der Waals surface area (Å²) >= 11 is 0. The highest BCUT2D eigenvalue weighted by atomic mass is 16.5. The quantitative estimate of drug-likeness (QED) is 0.610. The van der Waals surface area contributed by atoms with Gasteiger partial charge in [-0.25, -0.2) is 0 Å². The van der Waals surface area contributed by atoms with Crippen LogP contribution in [-0.4, -0.2) is 38.5 Å². The van der Waals surface area contributed by atoms with Gasteiger partial charge in [0.15, 0.2) is 0 Å². The van der Waals surface area contributed by atoms with Crippen molar-refractivity contribution in [1.29, 1.82) is 0 Å². The van der Waals surface area contributed by atoms with Crippen molar-refractivity contribution in [2.75, 3.05) is 20.3 Å². The topological polar surface area (TPSA) is 30.5 Å². The number of hydrogen-bond donors (Lipinski definition) is 1. The van der Waals surface area contributed by atoms with Crippen molar-refractivity contribution >= 4 is 0 Å². The molecule has 0 aromatic rings. The van der Waals surface area contributed by atoms with E-state index < -0.39 is 0 Å². The van der Waals surface area contributed by atoms with Gasteiger partial charge in [0.25, 0.3) is 0 Å². The van der Waals surface area contributed by atoms with Gasteiger partial charge in [-0.2, -0.15) is 0 Å². The van der Waals surface area contributed by atoms with Gasteiger partial charge in [0.05, 0.1) is 12.2 Å². The molecule has 2 unspecified atom stereocenters. The van der Waals surface area contributed by atoms with Crippen LogP contribution in [0.5, 0.6) is 0 Å². The van der Waals surface area contributed by atoms with Crippen LogP contribution in [0.3, 0.4) is 0 Å². The molecule has 0 heterocycles. The SMILES string of the molecule is COC(C)C(C)NCCCOC(C)C. The standard InChI is InChI=1S/C11H25NO2/c1-9(2)14-8-6-7-12-10(3)11(4)13-5/h9-12H,6-8H2,1-5H3. The average Bonchev–Trinajstić information content (AvgIpc) is 2.15. The van der Waals surface area contributed by atoms with Crippen molar-refractivity contribution in [2.24, 2.45) is 0 Å². The number of nitrogens with one attached hydrogen (secondary N) is 1. The normalized spacial score (nSPS) is 15.9. The van der Waals surface area contributed by atoms with E-state index in [-0.39, 0.29) is 6.10 Å². The largest absolute Gasteiger partial charge is 0.380 e. The van der Waals surface area contributed by atoms with Crippen LogP contribution in [0.4, 0.5) is 0 Å². The van der Waals surface area contributed by atoms with Crippen LogP contribution in [0, 0.1) is 0 Å². The molecule has 0 aromatic heterocycles. The molecule has 0 rings (SSSR count). The van der Waals surface area contributed by atoms with Crippen LogP contribution in [0.2, 0.25) is 0 Å². The van der Waals surface area contributed by atoms with E-state index in [9.17, 15) is 0 Å². The molecular formula is C11H25NO2. The Hall–Kier alpha value is -0.120. The van der Waals surface area contributed by atoms with Crippen molar-refractivity contribution in [3.63, 3.8) is 0 Å². The molecule has 3 nitrogen and oxygen atoms in total. The van der Waals surface area contributed by atoms with Crippen molar-refractivity contribution < 1.29 is 9.47 Å². The molecule has 0 aliphatic heterocycles. The van der Waals surface area contributed by atoms with Gasteiger partial charge >= 0.3 is 0 Å². The minimum absolute atomic E-state index is 0.265. The average molecular weight is 203 g/mol. The maximum absolute atomic E-state index is 5.44. The minimum atomic E-state index is 0.265. The Balaban J connectivity index is 3.27.